The molecule has 1 aliphatic heterocycles. The normalized spacial score (nSPS) is 16.9. The van der Waals surface area contributed by atoms with E-state index < -0.39 is 9.84 Å². The summed E-state index contributed by atoms with van der Waals surface area (Å²) in [5, 5.41) is 8.03. The van der Waals surface area contributed by atoms with Crippen molar-refractivity contribution < 1.29 is 22.3 Å². The number of hydrogen-bond acceptors (Lipinski definition) is 6. The van der Waals surface area contributed by atoms with Gasteiger partial charge in [0.2, 0.25) is 0 Å². The van der Waals surface area contributed by atoms with Gasteiger partial charge in [0.05, 0.1) is 47.0 Å². The molecule has 2 aromatic heterocycles. The van der Waals surface area contributed by atoms with Crippen LogP contribution in [0.5, 0.6) is 5.75 Å². The number of pyridine rings is 1. The number of aryl methyl sites for hydroxylation is 1. The highest BCUT2D eigenvalue weighted by molar-refractivity contribution is 7.91. The number of sulfone groups is 1. The number of nitrogens with one attached hydrogen (secondary N) is 1. The van der Waals surface area contributed by atoms with E-state index in [1.165, 1.54) is 12.1 Å². The first-order chi connectivity index (χ1) is 16.7. The summed E-state index contributed by atoms with van der Waals surface area (Å²) in [6, 6.07) is 14.1. The molecule has 0 bridgehead atoms. The van der Waals surface area contributed by atoms with Crippen molar-refractivity contribution in [2.24, 2.45) is 0 Å². The van der Waals surface area contributed by atoms with Gasteiger partial charge in [0.1, 0.15) is 11.6 Å². The second-order valence-electron chi connectivity index (χ2n) is 8.53. The molecule has 180 valence electrons. The van der Waals surface area contributed by atoms with Gasteiger partial charge in [0.15, 0.2) is 15.5 Å². The molecule has 2 aromatic carbocycles. The van der Waals surface area contributed by atoms with Gasteiger partial charge in [-0.15, -0.1) is 0 Å². The average Bonchev–Trinajstić information content (AvgIpc) is 3.37. The van der Waals surface area contributed by atoms with E-state index in [0.717, 1.165) is 0 Å². The van der Waals surface area contributed by atoms with Crippen molar-refractivity contribution in [3.8, 4) is 17.0 Å². The van der Waals surface area contributed by atoms with Gasteiger partial charge in [-0.1, -0.05) is 6.07 Å². The Morgan fingerprint density at radius 2 is 1.94 bits per heavy atom. The summed E-state index contributed by atoms with van der Waals surface area (Å²) >= 11 is 0. The molecule has 4 aromatic rings. The van der Waals surface area contributed by atoms with Crippen molar-refractivity contribution in [2.75, 3.05) is 23.9 Å². The van der Waals surface area contributed by atoms with E-state index >= 15 is 0 Å². The summed E-state index contributed by atoms with van der Waals surface area (Å²) in [7, 11) is -1.62. The maximum absolute atomic E-state index is 13.5. The third-order valence-corrected chi connectivity index (χ3v) is 7.85. The minimum atomic E-state index is -3.17. The molecule has 1 aliphatic rings. The molecule has 1 atom stereocenters. The van der Waals surface area contributed by atoms with Gasteiger partial charge in [0.25, 0.3) is 5.91 Å². The minimum absolute atomic E-state index is 0.0307. The second-order valence-corrected chi connectivity index (χ2v) is 10.8. The van der Waals surface area contributed by atoms with Crippen LogP contribution in [0, 0.1) is 12.7 Å². The molecule has 0 unspecified atom stereocenters. The number of carbonyl (C=O) groups is 1. The second kappa shape index (κ2) is 8.77. The quantitative estimate of drug-likeness (QED) is 0.447. The van der Waals surface area contributed by atoms with Crippen molar-refractivity contribution in [3.05, 3.63) is 71.7 Å². The lowest BCUT2D eigenvalue weighted by atomic mass is 10.0. The Kier molecular flexibility index (Phi) is 5.76. The van der Waals surface area contributed by atoms with E-state index in [0.29, 0.717) is 51.4 Å². The largest absolute Gasteiger partial charge is 0.497 e. The maximum atomic E-state index is 13.5. The number of hydrogen-bond donors (Lipinski definition) is 1. The first-order valence-electron chi connectivity index (χ1n) is 11.1. The van der Waals surface area contributed by atoms with Crippen LogP contribution in [0.15, 0.2) is 54.6 Å². The average molecular weight is 495 g/mol. The summed E-state index contributed by atoms with van der Waals surface area (Å²) < 4.78 is 44.7. The zero-order chi connectivity index (χ0) is 24.7. The van der Waals surface area contributed by atoms with Crippen LogP contribution >= 0.6 is 0 Å². The highest BCUT2D eigenvalue weighted by Crippen LogP contribution is 2.32. The fraction of sp³-hybridized carbons (Fsp3) is 0.240. The molecule has 3 heterocycles. The van der Waals surface area contributed by atoms with Crippen LogP contribution in [0.25, 0.3) is 22.3 Å². The zero-order valence-corrected chi connectivity index (χ0v) is 20.0. The maximum Gasteiger partial charge on any atom is 0.256 e. The van der Waals surface area contributed by atoms with Crippen molar-refractivity contribution in [2.45, 2.75) is 19.4 Å². The molecular weight excluding hydrogens is 471 g/mol. The van der Waals surface area contributed by atoms with Crippen molar-refractivity contribution in [3.63, 3.8) is 0 Å². The number of carbonyl (C=O) groups excluding carboxylic acids is 1. The summed E-state index contributed by atoms with van der Waals surface area (Å²) in [5.41, 5.74) is 2.94. The van der Waals surface area contributed by atoms with Crippen LogP contribution in [0.2, 0.25) is 0 Å². The monoisotopic (exact) mass is 494 g/mol. The molecule has 0 radical (unpaired) electrons. The number of aromatic nitrogens is 3. The molecule has 1 N–H and O–H groups in total. The van der Waals surface area contributed by atoms with E-state index in [-0.39, 0.29) is 29.3 Å². The minimum Gasteiger partial charge on any atom is -0.497 e. The first kappa shape index (κ1) is 23.0. The van der Waals surface area contributed by atoms with Gasteiger partial charge in [-0.2, -0.15) is 5.10 Å². The Bertz CT molecular complexity index is 1550. The summed E-state index contributed by atoms with van der Waals surface area (Å²) in [5.74, 6) is -0.115. The van der Waals surface area contributed by atoms with Crippen LogP contribution < -0.4 is 10.1 Å². The van der Waals surface area contributed by atoms with Crippen LogP contribution in [-0.2, 0) is 9.84 Å². The Morgan fingerprint density at radius 3 is 2.63 bits per heavy atom. The zero-order valence-electron chi connectivity index (χ0n) is 19.2. The van der Waals surface area contributed by atoms with Crippen LogP contribution in [0.3, 0.4) is 0 Å². The van der Waals surface area contributed by atoms with Crippen LogP contribution in [0.1, 0.15) is 28.5 Å². The SMILES string of the molecule is COc1cccc(NC(=O)c2cc(-c3ccc(F)cc3)nc3c2c(C)nn3[C@@H]2CCS(=O)(=O)C2)c1. The number of nitrogens with zero attached hydrogens (tertiary/aromatic N) is 3. The molecule has 0 saturated carbocycles. The van der Waals surface area contributed by atoms with Gasteiger partial charge in [-0.05, 0) is 55.8 Å². The van der Waals surface area contributed by atoms with E-state index in [1.807, 2.05) is 0 Å². The number of halogens is 1. The molecule has 0 spiro atoms. The Balaban J connectivity index is 1.66. The van der Waals surface area contributed by atoms with E-state index in [2.05, 4.69) is 10.4 Å². The molecular formula is C25H23FN4O4S. The number of rotatable bonds is 5. The fourth-order valence-electron chi connectivity index (χ4n) is 4.38. The Hall–Kier alpha value is -3.79. The Labute approximate surface area is 201 Å². The summed E-state index contributed by atoms with van der Waals surface area (Å²) in [4.78, 5) is 18.2. The predicted octanol–water partition coefficient (Wildman–Crippen LogP) is 4.17. The molecule has 35 heavy (non-hydrogen) atoms. The molecule has 1 fully saturated rings. The summed E-state index contributed by atoms with van der Waals surface area (Å²) in [6.07, 6.45) is 0.423. The van der Waals surface area contributed by atoms with Crippen molar-refractivity contribution in [1.82, 2.24) is 14.8 Å². The van der Waals surface area contributed by atoms with Crippen LogP contribution in [0.4, 0.5) is 10.1 Å². The molecule has 8 nitrogen and oxygen atoms in total. The molecule has 0 aliphatic carbocycles. The number of ether oxygens (including phenoxy) is 1. The lowest BCUT2D eigenvalue weighted by Gasteiger charge is -2.13. The number of benzene rings is 2. The van der Waals surface area contributed by atoms with Gasteiger partial charge >= 0.3 is 0 Å². The lowest BCUT2D eigenvalue weighted by molar-refractivity contribution is 0.102. The van der Waals surface area contributed by atoms with Crippen molar-refractivity contribution >= 4 is 32.5 Å². The standard InChI is InChI=1S/C25H23FN4O4S/c1-15-23-21(25(31)27-18-4-3-5-20(12-18)34-2)13-22(16-6-8-17(26)9-7-16)28-24(23)30(29-15)19-10-11-35(32,33)14-19/h3-9,12-13,19H,10-11,14H2,1-2H3,(H,27,31)/t19-/m1/s1. The number of methoxy groups -OCH3 is 1. The van der Waals surface area contributed by atoms with E-state index in [1.54, 1.807) is 61.2 Å². The van der Waals surface area contributed by atoms with Gasteiger partial charge in [-0.3, -0.25) is 4.79 Å². The third-order valence-electron chi connectivity index (χ3n) is 6.10. The van der Waals surface area contributed by atoms with Crippen LogP contribution in [-0.4, -0.2) is 47.7 Å². The lowest BCUT2D eigenvalue weighted by Crippen LogP contribution is -2.15. The molecule has 1 saturated heterocycles. The molecule has 1 amide bonds. The predicted molar refractivity (Wildman–Crippen MR) is 131 cm³/mol. The highest BCUT2D eigenvalue weighted by atomic mass is 32.2. The number of fused-ring (bicyclic) bond motifs is 1. The number of anilines is 1. The highest BCUT2D eigenvalue weighted by Gasteiger charge is 2.32. The smallest absolute Gasteiger partial charge is 0.256 e. The van der Waals surface area contributed by atoms with E-state index in [4.69, 9.17) is 9.72 Å². The summed E-state index contributed by atoms with van der Waals surface area (Å²) in [6.45, 7) is 1.77. The van der Waals surface area contributed by atoms with Gasteiger partial charge in [0, 0.05) is 17.3 Å². The molecule has 10 heteroatoms. The first-order valence-corrected chi connectivity index (χ1v) is 12.9. The van der Waals surface area contributed by atoms with E-state index in [9.17, 15) is 17.6 Å². The molecule has 5 rings (SSSR count). The van der Waals surface area contributed by atoms with Gasteiger partial charge in [-0.25, -0.2) is 22.5 Å². The van der Waals surface area contributed by atoms with Gasteiger partial charge < -0.3 is 10.1 Å². The number of amides is 1. The third kappa shape index (κ3) is 4.49. The topological polar surface area (TPSA) is 103 Å². The van der Waals surface area contributed by atoms with Crippen molar-refractivity contribution in [1.29, 1.82) is 0 Å². The fourth-order valence-corrected chi connectivity index (χ4v) is 6.07. The Morgan fingerprint density at radius 1 is 1.17 bits per heavy atom.